The van der Waals surface area contributed by atoms with E-state index in [1.54, 1.807) is 0 Å². The fourth-order valence-corrected chi connectivity index (χ4v) is 4.15. The SMILES string of the molecule is Cc1c[c-]c2c(c1)c1cccc3c1c1c(ccnc21)C3(C)C.[Ir]. The van der Waals surface area contributed by atoms with Crippen molar-refractivity contribution < 1.29 is 20.1 Å². The summed E-state index contributed by atoms with van der Waals surface area (Å²) in [5.41, 5.74) is 5.18. The molecule has 1 heterocycles. The number of hydrogen-bond donors (Lipinski definition) is 0. The Morgan fingerprint density at radius 1 is 1.00 bits per heavy atom. The molecule has 1 aliphatic rings. The van der Waals surface area contributed by atoms with Crippen molar-refractivity contribution in [3.8, 4) is 0 Å². The van der Waals surface area contributed by atoms with Gasteiger partial charge in [-0.2, -0.15) is 0 Å². The fraction of sp³-hybridized carbons (Fsp3) is 0.190. The molecule has 3 aromatic carbocycles. The average molecular weight is 475 g/mol. The summed E-state index contributed by atoms with van der Waals surface area (Å²) >= 11 is 0. The molecule has 1 aromatic heterocycles. The van der Waals surface area contributed by atoms with Crippen molar-refractivity contribution in [3.05, 3.63) is 65.4 Å². The molecular formula is C21H16IrN-. The second-order valence-corrected chi connectivity index (χ2v) is 6.90. The molecule has 2 heteroatoms. The number of benzene rings is 3. The van der Waals surface area contributed by atoms with Gasteiger partial charge in [-0.25, -0.2) is 0 Å². The predicted molar refractivity (Wildman–Crippen MR) is 92.5 cm³/mol. The van der Waals surface area contributed by atoms with Gasteiger partial charge in [0.1, 0.15) is 0 Å². The number of pyridine rings is 1. The van der Waals surface area contributed by atoms with Crippen LogP contribution in [0.15, 0.2) is 42.6 Å². The van der Waals surface area contributed by atoms with E-state index in [-0.39, 0.29) is 25.5 Å². The van der Waals surface area contributed by atoms with E-state index in [9.17, 15) is 0 Å². The molecular weight excluding hydrogens is 458 g/mol. The number of aromatic nitrogens is 1. The minimum absolute atomic E-state index is 0. The van der Waals surface area contributed by atoms with Gasteiger partial charge in [-0.3, -0.25) is 0 Å². The first-order valence-electron chi connectivity index (χ1n) is 7.75. The van der Waals surface area contributed by atoms with Gasteiger partial charge in [0.25, 0.3) is 0 Å². The Hall–Kier alpha value is -1.76. The third kappa shape index (κ3) is 1.68. The van der Waals surface area contributed by atoms with Crippen molar-refractivity contribution in [2.75, 3.05) is 0 Å². The second kappa shape index (κ2) is 4.63. The number of hydrogen-bond acceptors (Lipinski definition) is 1. The molecule has 0 atom stereocenters. The zero-order valence-corrected chi connectivity index (χ0v) is 15.7. The molecule has 0 spiro atoms. The summed E-state index contributed by atoms with van der Waals surface area (Å²) in [5.74, 6) is 0. The normalized spacial score (nSPS) is 14.7. The quantitative estimate of drug-likeness (QED) is 0.249. The van der Waals surface area contributed by atoms with E-state index >= 15 is 0 Å². The van der Waals surface area contributed by atoms with Gasteiger partial charge in [0.05, 0.1) is 0 Å². The van der Waals surface area contributed by atoms with Gasteiger partial charge in [0.2, 0.25) is 0 Å². The molecule has 0 N–H and O–H groups in total. The monoisotopic (exact) mass is 475 g/mol. The van der Waals surface area contributed by atoms with Crippen LogP contribution in [0.3, 0.4) is 0 Å². The molecule has 4 aromatic rings. The van der Waals surface area contributed by atoms with Crippen LogP contribution in [-0.4, -0.2) is 4.98 Å². The van der Waals surface area contributed by atoms with Crippen LogP contribution in [0.2, 0.25) is 0 Å². The third-order valence-corrected chi connectivity index (χ3v) is 5.22. The maximum absolute atomic E-state index is 4.72. The fourth-order valence-electron chi connectivity index (χ4n) is 4.15. The smallest absolute Gasteiger partial charge is 0.0164 e. The largest absolute Gasteiger partial charge is 0.304 e. The molecule has 1 aliphatic carbocycles. The molecule has 23 heavy (non-hydrogen) atoms. The summed E-state index contributed by atoms with van der Waals surface area (Å²) in [6.07, 6.45) is 1.95. The Bertz CT molecular complexity index is 1110. The summed E-state index contributed by atoms with van der Waals surface area (Å²) in [5, 5.41) is 6.46. The number of aryl methyl sites for hydroxylation is 1. The van der Waals surface area contributed by atoms with Crippen LogP contribution in [-0.2, 0) is 25.5 Å². The van der Waals surface area contributed by atoms with Crippen molar-refractivity contribution in [2.45, 2.75) is 26.2 Å². The standard InChI is InChI=1S/C21H16N.Ir/c1-12-7-8-14-15(11-12)13-5-4-6-16-18(13)19-17(21(16,2)3)9-10-22-20(14)19;/h4-7,9-11H,1-3H3;/q-1;. The van der Waals surface area contributed by atoms with Gasteiger partial charge >= 0.3 is 0 Å². The first-order chi connectivity index (χ1) is 10.6. The van der Waals surface area contributed by atoms with E-state index < -0.39 is 0 Å². The van der Waals surface area contributed by atoms with Gasteiger partial charge in [-0.15, -0.1) is 29.1 Å². The first-order valence-corrected chi connectivity index (χ1v) is 7.75. The van der Waals surface area contributed by atoms with E-state index in [4.69, 9.17) is 4.98 Å². The number of nitrogens with zero attached hydrogens (tertiary/aromatic N) is 1. The van der Waals surface area contributed by atoms with Crippen molar-refractivity contribution in [1.29, 1.82) is 0 Å². The summed E-state index contributed by atoms with van der Waals surface area (Å²) in [6, 6.07) is 16.7. The van der Waals surface area contributed by atoms with Crippen LogP contribution in [0, 0.1) is 13.0 Å². The van der Waals surface area contributed by atoms with E-state index in [1.807, 2.05) is 6.20 Å². The third-order valence-electron chi connectivity index (χ3n) is 5.22. The van der Waals surface area contributed by atoms with Crippen LogP contribution < -0.4 is 0 Å². The van der Waals surface area contributed by atoms with Gasteiger partial charge in [-0.1, -0.05) is 49.7 Å². The molecule has 5 rings (SSSR count). The maximum atomic E-state index is 4.72. The first kappa shape index (κ1) is 14.8. The average Bonchev–Trinajstić information content (AvgIpc) is 2.76. The molecule has 1 nitrogen and oxygen atoms in total. The summed E-state index contributed by atoms with van der Waals surface area (Å²) < 4.78 is 0. The predicted octanol–water partition coefficient (Wildman–Crippen LogP) is 5.29. The van der Waals surface area contributed by atoms with Crippen molar-refractivity contribution in [2.24, 2.45) is 0 Å². The Balaban J connectivity index is 0.00000135. The maximum Gasteiger partial charge on any atom is 0.0164 e. The van der Waals surface area contributed by atoms with Crippen LogP contribution >= 0.6 is 0 Å². The van der Waals surface area contributed by atoms with E-state index in [2.05, 4.69) is 63.2 Å². The molecule has 115 valence electrons. The van der Waals surface area contributed by atoms with Crippen LogP contribution in [0.1, 0.15) is 30.5 Å². The Morgan fingerprint density at radius 3 is 2.61 bits per heavy atom. The Morgan fingerprint density at radius 2 is 1.78 bits per heavy atom. The molecule has 0 fully saturated rings. The van der Waals surface area contributed by atoms with Crippen molar-refractivity contribution >= 4 is 32.4 Å². The van der Waals surface area contributed by atoms with E-state index in [1.165, 1.54) is 38.2 Å². The Kier molecular flexibility index (Phi) is 2.98. The second-order valence-electron chi connectivity index (χ2n) is 6.90. The molecule has 0 unspecified atom stereocenters. The summed E-state index contributed by atoms with van der Waals surface area (Å²) in [4.78, 5) is 4.72. The van der Waals surface area contributed by atoms with E-state index in [0.717, 1.165) is 10.9 Å². The molecule has 0 bridgehead atoms. The molecule has 0 amide bonds. The van der Waals surface area contributed by atoms with Crippen LogP contribution in [0.25, 0.3) is 32.4 Å². The molecule has 0 aliphatic heterocycles. The Labute approximate surface area is 149 Å². The van der Waals surface area contributed by atoms with Crippen LogP contribution in [0.5, 0.6) is 0 Å². The van der Waals surface area contributed by atoms with Gasteiger partial charge in [0.15, 0.2) is 0 Å². The number of rotatable bonds is 0. The molecule has 1 radical (unpaired) electrons. The van der Waals surface area contributed by atoms with Crippen LogP contribution in [0.4, 0.5) is 0 Å². The summed E-state index contributed by atoms with van der Waals surface area (Å²) in [6.45, 7) is 6.76. The van der Waals surface area contributed by atoms with E-state index in [0.29, 0.717) is 0 Å². The van der Waals surface area contributed by atoms with Crippen molar-refractivity contribution in [3.63, 3.8) is 0 Å². The van der Waals surface area contributed by atoms with Gasteiger partial charge < -0.3 is 4.98 Å². The van der Waals surface area contributed by atoms with Crippen molar-refractivity contribution in [1.82, 2.24) is 4.98 Å². The summed E-state index contributed by atoms with van der Waals surface area (Å²) in [7, 11) is 0. The van der Waals surface area contributed by atoms with Gasteiger partial charge in [-0.05, 0) is 33.5 Å². The molecule has 0 saturated heterocycles. The number of fused-ring (bicyclic) bond motifs is 3. The minimum Gasteiger partial charge on any atom is -0.304 e. The molecule has 0 saturated carbocycles. The topological polar surface area (TPSA) is 12.9 Å². The van der Waals surface area contributed by atoms with Gasteiger partial charge in [0, 0.05) is 31.7 Å². The zero-order chi connectivity index (χ0) is 15.1. The minimum atomic E-state index is 0. The zero-order valence-electron chi connectivity index (χ0n) is 13.3.